The molecule has 3 rings (SSSR count). The number of anilines is 3. The first-order valence-corrected chi connectivity index (χ1v) is 9.70. The van der Waals surface area contributed by atoms with E-state index >= 15 is 0 Å². The molecule has 0 atom stereocenters. The van der Waals surface area contributed by atoms with Gasteiger partial charge in [0.25, 0.3) is 0 Å². The molecular weight excluding hydrogens is 364 g/mol. The third-order valence-electron chi connectivity index (χ3n) is 4.70. The molecule has 0 radical (unpaired) electrons. The normalized spacial score (nSPS) is 15.1. The minimum Gasteiger partial charge on any atom is -0.465 e. The fourth-order valence-corrected chi connectivity index (χ4v) is 3.48. The molecular formula is C20H25ClN4O2. The number of esters is 1. The third-order valence-corrected chi connectivity index (χ3v) is 5.02. The number of halogens is 1. The second-order valence-corrected chi connectivity index (χ2v) is 7.27. The maximum absolute atomic E-state index is 11.8. The SMILES string of the molecule is COC(=O)c1ccc(Cl)c(Nc2nc(C)cc(NC3CCCCCC3)n2)c1. The van der Waals surface area contributed by atoms with Gasteiger partial charge in [-0.1, -0.05) is 37.3 Å². The molecule has 1 aromatic carbocycles. The molecule has 1 aromatic heterocycles. The van der Waals surface area contributed by atoms with Gasteiger partial charge in [-0.15, -0.1) is 0 Å². The topological polar surface area (TPSA) is 76.1 Å². The zero-order chi connectivity index (χ0) is 19.2. The summed E-state index contributed by atoms with van der Waals surface area (Å²) < 4.78 is 4.76. The summed E-state index contributed by atoms with van der Waals surface area (Å²) >= 11 is 6.26. The van der Waals surface area contributed by atoms with Crippen LogP contribution in [-0.2, 0) is 4.74 Å². The van der Waals surface area contributed by atoms with Crippen molar-refractivity contribution < 1.29 is 9.53 Å². The third kappa shape index (κ3) is 5.32. The monoisotopic (exact) mass is 388 g/mol. The second-order valence-electron chi connectivity index (χ2n) is 6.86. The summed E-state index contributed by atoms with van der Waals surface area (Å²) in [5, 5.41) is 7.14. The Kier molecular flexibility index (Phi) is 6.50. The van der Waals surface area contributed by atoms with E-state index in [0.717, 1.165) is 11.5 Å². The van der Waals surface area contributed by atoms with Crippen molar-refractivity contribution in [1.29, 1.82) is 0 Å². The molecule has 0 aliphatic heterocycles. The average Bonchev–Trinajstić information content (AvgIpc) is 2.91. The number of hydrogen-bond acceptors (Lipinski definition) is 6. The van der Waals surface area contributed by atoms with E-state index in [2.05, 4.69) is 20.6 Å². The Morgan fingerprint density at radius 2 is 1.89 bits per heavy atom. The van der Waals surface area contributed by atoms with E-state index in [1.165, 1.54) is 45.6 Å². The lowest BCUT2D eigenvalue weighted by atomic mass is 10.1. The fourth-order valence-electron chi connectivity index (χ4n) is 3.32. The maximum Gasteiger partial charge on any atom is 0.337 e. The molecule has 144 valence electrons. The first-order valence-electron chi connectivity index (χ1n) is 9.32. The van der Waals surface area contributed by atoms with Gasteiger partial charge in [0.05, 0.1) is 23.4 Å². The Morgan fingerprint density at radius 1 is 1.15 bits per heavy atom. The number of carbonyl (C=O) groups excluding carboxylic acids is 1. The average molecular weight is 389 g/mol. The van der Waals surface area contributed by atoms with Crippen molar-refractivity contribution in [3.63, 3.8) is 0 Å². The van der Waals surface area contributed by atoms with Crippen molar-refractivity contribution in [2.24, 2.45) is 0 Å². The molecule has 2 N–H and O–H groups in total. The molecule has 1 saturated carbocycles. The molecule has 0 spiro atoms. The van der Waals surface area contributed by atoms with E-state index in [0.29, 0.717) is 28.3 Å². The zero-order valence-corrected chi connectivity index (χ0v) is 16.5. The van der Waals surface area contributed by atoms with Crippen molar-refractivity contribution in [1.82, 2.24) is 9.97 Å². The number of ether oxygens (including phenoxy) is 1. The van der Waals surface area contributed by atoms with Crippen LogP contribution in [0.3, 0.4) is 0 Å². The highest BCUT2D eigenvalue weighted by molar-refractivity contribution is 6.33. The summed E-state index contributed by atoms with van der Waals surface area (Å²) in [7, 11) is 1.35. The first-order chi connectivity index (χ1) is 13.0. The van der Waals surface area contributed by atoms with Gasteiger partial charge in [0.2, 0.25) is 5.95 Å². The molecule has 27 heavy (non-hydrogen) atoms. The van der Waals surface area contributed by atoms with Crippen LogP contribution in [0, 0.1) is 6.92 Å². The van der Waals surface area contributed by atoms with Crippen LogP contribution >= 0.6 is 11.6 Å². The Balaban J connectivity index is 1.79. The van der Waals surface area contributed by atoms with Crippen molar-refractivity contribution in [3.8, 4) is 0 Å². The van der Waals surface area contributed by atoms with Crippen molar-refractivity contribution in [3.05, 3.63) is 40.5 Å². The molecule has 1 aliphatic rings. The van der Waals surface area contributed by atoms with Crippen LogP contribution in [0.5, 0.6) is 0 Å². The Hall–Kier alpha value is -2.34. The number of methoxy groups -OCH3 is 1. The Bertz CT molecular complexity index is 805. The lowest BCUT2D eigenvalue weighted by Crippen LogP contribution is -2.19. The Morgan fingerprint density at radius 3 is 2.59 bits per heavy atom. The van der Waals surface area contributed by atoms with Gasteiger partial charge >= 0.3 is 5.97 Å². The number of benzene rings is 1. The van der Waals surface area contributed by atoms with Crippen molar-refractivity contribution in [2.75, 3.05) is 17.7 Å². The molecule has 1 aliphatic carbocycles. The maximum atomic E-state index is 11.8. The fraction of sp³-hybridized carbons (Fsp3) is 0.450. The number of aromatic nitrogens is 2. The van der Waals surface area contributed by atoms with Crippen LogP contribution in [0.25, 0.3) is 0 Å². The highest BCUT2D eigenvalue weighted by atomic mass is 35.5. The van der Waals surface area contributed by atoms with E-state index in [4.69, 9.17) is 16.3 Å². The number of nitrogens with one attached hydrogen (secondary N) is 2. The minimum absolute atomic E-state index is 0.411. The summed E-state index contributed by atoms with van der Waals surface area (Å²) in [6.45, 7) is 1.93. The van der Waals surface area contributed by atoms with Crippen LogP contribution in [-0.4, -0.2) is 29.1 Å². The Labute approximate surface area is 164 Å². The number of aryl methyl sites for hydroxylation is 1. The molecule has 0 saturated heterocycles. The molecule has 0 unspecified atom stereocenters. The van der Waals surface area contributed by atoms with Gasteiger partial charge in [-0.05, 0) is 38.0 Å². The molecule has 7 heteroatoms. The molecule has 0 amide bonds. The highest BCUT2D eigenvalue weighted by Gasteiger charge is 2.14. The van der Waals surface area contributed by atoms with Crippen molar-refractivity contribution in [2.45, 2.75) is 51.5 Å². The second kappa shape index (κ2) is 9.04. The number of hydrogen-bond donors (Lipinski definition) is 2. The van der Waals surface area contributed by atoms with Crippen LogP contribution in [0.2, 0.25) is 5.02 Å². The highest BCUT2D eigenvalue weighted by Crippen LogP contribution is 2.27. The zero-order valence-electron chi connectivity index (χ0n) is 15.7. The molecule has 1 heterocycles. The molecule has 0 bridgehead atoms. The minimum atomic E-state index is -0.421. The van der Waals surface area contributed by atoms with Gasteiger partial charge in [-0.25, -0.2) is 9.78 Å². The van der Waals surface area contributed by atoms with Gasteiger partial charge in [-0.2, -0.15) is 4.98 Å². The van der Waals surface area contributed by atoms with E-state index in [1.54, 1.807) is 18.2 Å². The largest absolute Gasteiger partial charge is 0.465 e. The standard InChI is InChI=1S/C20H25ClN4O2/c1-13-11-18(23-15-7-5-3-4-6-8-15)25-20(22-13)24-17-12-14(19(26)27-2)9-10-16(17)21/h9-12,15H,3-8H2,1-2H3,(H2,22,23,24,25). The summed E-state index contributed by atoms with van der Waals surface area (Å²) in [4.78, 5) is 20.8. The summed E-state index contributed by atoms with van der Waals surface area (Å²) in [5.74, 6) is 0.822. The van der Waals surface area contributed by atoms with Crippen LogP contribution in [0.4, 0.5) is 17.5 Å². The number of carbonyl (C=O) groups is 1. The molecule has 1 fully saturated rings. The van der Waals surface area contributed by atoms with E-state index in [1.807, 2.05) is 13.0 Å². The predicted octanol–water partition coefficient (Wildman–Crippen LogP) is 5.10. The van der Waals surface area contributed by atoms with E-state index < -0.39 is 5.97 Å². The van der Waals surface area contributed by atoms with Gasteiger partial charge in [-0.3, -0.25) is 0 Å². The molecule has 2 aromatic rings. The van der Waals surface area contributed by atoms with Gasteiger partial charge in [0.1, 0.15) is 5.82 Å². The van der Waals surface area contributed by atoms with Crippen LogP contribution in [0.15, 0.2) is 24.3 Å². The summed E-state index contributed by atoms with van der Waals surface area (Å²) in [6.07, 6.45) is 7.45. The van der Waals surface area contributed by atoms with E-state index in [-0.39, 0.29) is 0 Å². The van der Waals surface area contributed by atoms with Crippen molar-refractivity contribution >= 4 is 35.0 Å². The lowest BCUT2D eigenvalue weighted by Gasteiger charge is -2.18. The summed E-state index contributed by atoms with van der Waals surface area (Å²) in [6, 6.07) is 7.30. The lowest BCUT2D eigenvalue weighted by molar-refractivity contribution is 0.0601. The van der Waals surface area contributed by atoms with E-state index in [9.17, 15) is 4.79 Å². The van der Waals surface area contributed by atoms with Gasteiger partial charge < -0.3 is 15.4 Å². The quantitative estimate of drug-likeness (QED) is 0.548. The molecule has 6 nitrogen and oxygen atoms in total. The van der Waals surface area contributed by atoms with Gasteiger partial charge in [0.15, 0.2) is 0 Å². The first kappa shape index (κ1) is 19.4. The number of rotatable bonds is 5. The number of nitrogens with zero attached hydrogens (tertiary/aromatic N) is 2. The van der Waals surface area contributed by atoms with Crippen LogP contribution in [0.1, 0.15) is 54.6 Å². The summed E-state index contributed by atoms with van der Waals surface area (Å²) in [5.41, 5.74) is 1.82. The smallest absolute Gasteiger partial charge is 0.337 e. The van der Waals surface area contributed by atoms with Gasteiger partial charge in [0, 0.05) is 17.8 Å². The predicted molar refractivity (Wildman–Crippen MR) is 108 cm³/mol. The van der Waals surface area contributed by atoms with Crippen LogP contribution < -0.4 is 10.6 Å².